The molecule has 17 heavy (non-hydrogen) atoms. The number of hydrazine groups is 1. The molecule has 0 saturated heterocycles. The molecule has 5 N–H and O–H groups in total. The number of carbonyl (C=O) groups excluding carboxylic acids is 2. The quantitative estimate of drug-likeness (QED) is 0.243. The first-order chi connectivity index (χ1) is 8.02. The number of benzene rings is 1. The van der Waals surface area contributed by atoms with E-state index in [1.54, 1.807) is 0 Å². The number of nitrogens with one attached hydrogen (secondary N) is 2. The van der Waals surface area contributed by atoms with E-state index in [0.29, 0.717) is 0 Å². The molecule has 0 aliphatic heterocycles. The number of phenolic OH excluding ortho intramolecular Hbond substituents is 1. The summed E-state index contributed by atoms with van der Waals surface area (Å²) in [7, 11) is 0. The third-order valence-corrected chi connectivity index (χ3v) is 1.75. The number of Topliss-reactive ketones (excluding diaryl/α,β-unsaturated/α-hetero) is 1. The zero-order chi connectivity index (χ0) is 12.8. The lowest BCUT2D eigenvalue weighted by Crippen LogP contribution is -2.43. The maximum Gasteiger partial charge on any atom is 0.400 e. The highest BCUT2D eigenvalue weighted by molar-refractivity contribution is 7.80. The monoisotopic (exact) mass is 255 g/mol. The van der Waals surface area contributed by atoms with E-state index in [2.05, 4.69) is 22.5 Å². The number of thiocarbonyl (C=S) groups is 1. The number of ketones is 1. The van der Waals surface area contributed by atoms with Crippen molar-refractivity contribution in [1.29, 1.82) is 0 Å². The molecule has 0 radical (unpaired) electrons. The van der Waals surface area contributed by atoms with Crippen LogP contribution in [0.25, 0.3) is 0 Å². The number of phenols is 1. The molecule has 0 amide bonds. The fourth-order valence-electron chi connectivity index (χ4n) is 0.944. The summed E-state index contributed by atoms with van der Waals surface area (Å²) in [4.78, 5) is 27.0. The van der Waals surface area contributed by atoms with E-state index in [1.807, 2.05) is 5.59 Å². The summed E-state index contributed by atoms with van der Waals surface area (Å²) in [5.74, 6) is -2.52. The van der Waals surface area contributed by atoms with Gasteiger partial charge in [-0.3, -0.25) is 10.2 Å². The Morgan fingerprint density at radius 3 is 2.59 bits per heavy atom. The molecule has 1 aromatic carbocycles. The van der Waals surface area contributed by atoms with Gasteiger partial charge in [0.15, 0.2) is 5.11 Å². The molecule has 7 nitrogen and oxygen atoms in total. The number of carbonyl (C=O) groups is 2. The standard InChI is InChI=1S/C9H9N3O4S/c10-9(17)11-12-16-8(15)7(14)5-3-1-2-4-6(5)13/h1-4,12-13H,(H3,10,11,17). The molecule has 0 saturated carbocycles. The number of aromatic hydroxyl groups is 1. The van der Waals surface area contributed by atoms with Crippen molar-refractivity contribution in [3.05, 3.63) is 29.8 Å². The molecule has 0 fully saturated rings. The van der Waals surface area contributed by atoms with Gasteiger partial charge < -0.3 is 15.7 Å². The van der Waals surface area contributed by atoms with Gasteiger partial charge in [0.25, 0.3) is 5.78 Å². The van der Waals surface area contributed by atoms with Gasteiger partial charge in [0.05, 0.1) is 5.56 Å². The summed E-state index contributed by atoms with van der Waals surface area (Å²) in [5, 5.41) is 9.18. The van der Waals surface area contributed by atoms with Crippen LogP contribution < -0.4 is 16.7 Å². The number of para-hydroxylation sites is 1. The molecule has 0 unspecified atom stereocenters. The first-order valence-corrected chi connectivity index (χ1v) is 4.77. The van der Waals surface area contributed by atoms with E-state index in [0.717, 1.165) is 0 Å². The Kier molecular flexibility index (Phi) is 4.37. The van der Waals surface area contributed by atoms with Crippen LogP contribution in [-0.2, 0) is 9.63 Å². The van der Waals surface area contributed by atoms with Crippen LogP contribution in [0.2, 0.25) is 0 Å². The topological polar surface area (TPSA) is 114 Å². The van der Waals surface area contributed by atoms with E-state index in [1.165, 1.54) is 24.3 Å². The van der Waals surface area contributed by atoms with Gasteiger partial charge in [-0.2, -0.15) is 0 Å². The first kappa shape index (κ1) is 12.9. The highest BCUT2D eigenvalue weighted by Gasteiger charge is 2.21. The van der Waals surface area contributed by atoms with Crippen molar-refractivity contribution in [1.82, 2.24) is 11.0 Å². The highest BCUT2D eigenvalue weighted by atomic mass is 32.1. The average Bonchev–Trinajstić information content (AvgIpc) is 2.28. The lowest BCUT2D eigenvalue weighted by atomic mass is 10.1. The summed E-state index contributed by atoms with van der Waals surface area (Å²) >= 11 is 4.42. The minimum absolute atomic E-state index is 0.158. The SMILES string of the molecule is NC(=S)NNOC(=O)C(=O)c1ccccc1O. The van der Waals surface area contributed by atoms with Crippen LogP contribution in [0.4, 0.5) is 0 Å². The Bertz CT molecular complexity index is 463. The van der Waals surface area contributed by atoms with Crippen LogP contribution >= 0.6 is 12.2 Å². The second kappa shape index (κ2) is 5.77. The second-order valence-corrected chi connectivity index (χ2v) is 3.27. The van der Waals surface area contributed by atoms with Gasteiger partial charge in [0, 0.05) is 0 Å². The second-order valence-electron chi connectivity index (χ2n) is 2.83. The molecule has 90 valence electrons. The van der Waals surface area contributed by atoms with Crippen molar-refractivity contribution in [2.24, 2.45) is 5.73 Å². The number of hydrogen-bond donors (Lipinski definition) is 4. The van der Waals surface area contributed by atoms with E-state index >= 15 is 0 Å². The van der Waals surface area contributed by atoms with Gasteiger partial charge in [-0.15, -0.1) is 0 Å². The predicted octanol–water partition coefficient (Wildman–Crippen LogP) is -0.629. The fraction of sp³-hybridized carbons (Fsp3) is 0. The van der Waals surface area contributed by atoms with E-state index < -0.39 is 11.8 Å². The summed E-state index contributed by atoms with van der Waals surface area (Å²) in [6, 6.07) is 5.59. The van der Waals surface area contributed by atoms with Gasteiger partial charge in [-0.1, -0.05) is 17.7 Å². The molecule has 0 bridgehead atoms. The molecule has 0 atom stereocenters. The van der Waals surface area contributed by atoms with Crippen LogP contribution in [-0.4, -0.2) is 22.0 Å². The maximum atomic E-state index is 11.5. The molecule has 0 aliphatic carbocycles. The summed E-state index contributed by atoms with van der Waals surface area (Å²) in [6.45, 7) is 0. The fourth-order valence-corrected chi connectivity index (χ4v) is 0.986. The molecule has 0 aliphatic rings. The summed E-state index contributed by atoms with van der Waals surface area (Å²) in [5.41, 5.74) is 8.86. The third kappa shape index (κ3) is 3.70. The Morgan fingerprint density at radius 1 is 1.35 bits per heavy atom. The molecule has 0 spiro atoms. The van der Waals surface area contributed by atoms with Crippen LogP contribution in [0.3, 0.4) is 0 Å². The van der Waals surface area contributed by atoms with Crippen molar-refractivity contribution in [3.63, 3.8) is 0 Å². The first-order valence-electron chi connectivity index (χ1n) is 4.36. The Hall–Kier alpha value is -2.19. The van der Waals surface area contributed by atoms with Crippen LogP contribution in [0.15, 0.2) is 24.3 Å². The van der Waals surface area contributed by atoms with Gasteiger partial charge in [-0.25, -0.2) is 4.79 Å². The van der Waals surface area contributed by atoms with Gasteiger partial charge in [-0.05, 0) is 24.4 Å². The molecule has 1 rings (SSSR count). The zero-order valence-electron chi connectivity index (χ0n) is 8.47. The predicted molar refractivity (Wildman–Crippen MR) is 61.6 cm³/mol. The minimum Gasteiger partial charge on any atom is -0.507 e. The minimum atomic E-state index is -1.21. The molecule has 8 heteroatoms. The van der Waals surface area contributed by atoms with E-state index in [9.17, 15) is 14.7 Å². The lowest BCUT2D eigenvalue weighted by Gasteiger charge is -2.06. The number of nitrogens with two attached hydrogens (primary N) is 1. The zero-order valence-corrected chi connectivity index (χ0v) is 9.28. The van der Waals surface area contributed by atoms with Crippen molar-refractivity contribution in [2.75, 3.05) is 0 Å². The molecular weight excluding hydrogens is 246 g/mol. The normalized spacial score (nSPS) is 9.41. The Balaban J connectivity index is 2.62. The highest BCUT2D eigenvalue weighted by Crippen LogP contribution is 2.16. The molecule has 0 heterocycles. The molecule has 1 aromatic rings. The smallest absolute Gasteiger partial charge is 0.400 e. The van der Waals surface area contributed by atoms with Crippen LogP contribution in [0, 0.1) is 0 Å². The van der Waals surface area contributed by atoms with Crippen molar-refractivity contribution < 1.29 is 19.5 Å². The third-order valence-electron chi connectivity index (χ3n) is 1.65. The Morgan fingerprint density at radius 2 is 2.00 bits per heavy atom. The lowest BCUT2D eigenvalue weighted by molar-refractivity contribution is -0.146. The van der Waals surface area contributed by atoms with Gasteiger partial charge >= 0.3 is 5.97 Å². The molecular formula is C9H9N3O4S. The average molecular weight is 255 g/mol. The summed E-state index contributed by atoms with van der Waals surface area (Å²) in [6.07, 6.45) is 0. The molecule has 0 aromatic heterocycles. The van der Waals surface area contributed by atoms with Crippen LogP contribution in [0.1, 0.15) is 10.4 Å². The van der Waals surface area contributed by atoms with Crippen molar-refractivity contribution >= 4 is 29.1 Å². The van der Waals surface area contributed by atoms with Crippen LogP contribution in [0.5, 0.6) is 5.75 Å². The maximum absolute atomic E-state index is 11.5. The van der Waals surface area contributed by atoms with Crippen molar-refractivity contribution in [3.8, 4) is 5.75 Å². The number of hydrogen-bond acceptors (Lipinski definition) is 6. The van der Waals surface area contributed by atoms with Gasteiger partial charge in [0.2, 0.25) is 0 Å². The van der Waals surface area contributed by atoms with E-state index in [4.69, 9.17) is 5.73 Å². The number of rotatable bonds is 4. The largest absolute Gasteiger partial charge is 0.507 e. The summed E-state index contributed by atoms with van der Waals surface area (Å²) < 4.78 is 0. The van der Waals surface area contributed by atoms with Crippen molar-refractivity contribution in [2.45, 2.75) is 0 Å². The van der Waals surface area contributed by atoms with E-state index in [-0.39, 0.29) is 16.4 Å². The van der Waals surface area contributed by atoms with Gasteiger partial charge in [0.1, 0.15) is 5.75 Å². The Labute approximate surface area is 101 Å².